The third-order valence-electron chi connectivity index (χ3n) is 2.62. The van der Waals surface area contributed by atoms with Gasteiger partial charge in [-0.05, 0) is 12.3 Å². The number of nitro benzene ring substituents is 1. The summed E-state index contributed by atoms with van der Waals surface area (Å²) < 4.78 is 0. The molecule has 0 unspecified atom stereocenters. The average molecular weight is 284 g/mol. The van der Waals surface area contributed by atoms with Crippen LogP contribution in [-0.4, -0.2) is 41.6 Å². The molecule has 0 bridgehead atoms. The highest BCUT2D eigenvalue weighted by molar-refractivity contribution is 7.98. The van der Waals surface area contributed by atoms with Crippen LogP contribution in [-0.2, 0) is 0 Å². The van der Waals surface area contributed by atoms with E-state index < -0.39 is 4.92 Å². The third-order valence-corrected chi connectivity index (χ3v) is 3.21. The van der Waals surface area contributed by atoms with Crippen LogP contribution in [0.4, 0.5) is 11.4 Å². The number of nitrogens with zero attached hydrogens (tertiary/aromatic N) is 3. The largest absolute Gasteiger partial charge is 0.409 e. The molecule has 0 spiro atoms. The smallest absolute Gasteiger partial charge is 0.270 e. The molecule has 0 aliphatic rings. The molecule has 104 valence electrons. The van der Waals surface area contributed by atoms with E-state index in [1.54, 1.807) is 17.8 Å². The summed E-state index contributed by atoms with van der Waals surface area (Å²) in [7, 11) is 1.85. The molecule has 0 atom stereocenters. The van der Waals surface area contributed by atoms with Crippen LogP contribution in [0.5, 0.6) is 0 Å². The fourth-order valence-electron chi connectivity index (χ4n) is 1.58. The van der Waals surface area contributed by atoms with Crippen molar-refractivity contribution in [3.63, 3.8) is 0 Å². The Morgan fingerprint density at radius 3 is 2.84 bits per heavy atom. The van der Waals surface area contributed by atoms with Crippen molar-refractivity contribution >= 4 is 29.0 Å². The van der Waals surface area contributed by atoms with Gasteiger partial charge in [0.05, 0.1) is 10.5 Å². The number of hydrogen-bond donors (Lipinski definition) is 2. The Hall–Kier alpha value is -1.96. The van der Waals surface area contributed by atoms with E-state index in [0.29, 0.717) is 11.3 Å². The van der Waals surface area contributed by atoms with Crippen molar-refractivity contribution in [3.05, 3.63) is 33.9 Å². The molecule has 19 heavy (non-hydrogen) atoms. The minimum absolute atomic E-state index is 0.0939. The van der Waals surface area contributed by atoms with E-state index in [1.807, 2.05) is 18.2 Å². The second-order valence-electron chi connectivity index (χ2n) is 3.86. The van der Waals surface area contributed by atoms with Crippen molar-refractivity contribution in [2.75, 3.05) is 30.5 Å². The standard InChI is InChI=1S/C11H16N4O3S/c1-14(5-6-19-2)10-4-3-8(15(17)18)7-9(10)11(12)13-16/h3-4,7,16H,5-6H2,1-2H3,(H2,12,13). The molecular formula is C11H16N4O3S. The van der Waals surface area contributed by atoms with Gasteiger partial charge in [-0.25, -0.2) is 0 Å². The van der Waals surface area contributed by atoms with Crippen molar-refractivity contribution in [2.24, 2.45) is 10.9 Å². The minimum Gasteiger partial charge on any atom is -0.409 e. The van der Waals surface area contributed by atoms with Gasteiger partial charge in [0, 0.05) is 37.2 Å². The number of benzene rings is 1. The van der Waals surface area contributed by atoms with Crippen LogP contribution in [0, 0.1) is 10.1 Å². The van der Waals surface area contributed by atoms with Gasteiger partial charge in [0.2, 0.25) is 0 Å². The van der Waals surface area contributed by atoms with Crippen LogP contribution in [0.3, 0.4) is 0 Å². The highest BCUT2D eigenvalue weighted by atomic mass is 32.2. The Morgan fingerprint density at radius 1 is 1.63 bits per heavy atom. The summed E-state index contributed by atoms with van der Waals surface area (Å²) in [5.41, 5.74) is 6.52. The van der Waals surface area contributed by atoms with E-state index in [9.17, 15) is 10.1 Å². The molecule has 3 N–H and O–H groups in total. The van der Waals surface area contributed by atoms with Crippen molar-refractivity contribution in [2.45, 2.75) is 0 Å². The first-order chi connectivity index (χ1) is 9.01. The second-order valence-corrected chi connectivity index (χ2v) is 4.84. The predicted molar refractivity (Wildman–Crippen MR) is 77.3 cm³/mol. The lowest BCUT2D eigenvalue weighted by atomic mass is 10.1. The zero-order valence-corrected chi connectivity index (χ0v) is 11.6. The van der Waals surface area contributed by atoms with Crippen LogP contribution in [0.25, 0.3) is 0 Å². The summed E-state index contributed by atoms with van der Waals surface area (Å²) in [4.78, 5) is 12.2. The topological polar surface area (TPSA) is 105 Å². The monoisotopic (exact) mass is 284 g/mol. The van der Waals surface area contributed by atoms with E-state index in [-0.39, 0.29) is 11.5 Å². The van der Waals surface area contributed by atoms with E-state index in [4.69, 9.17) is 10.9 Å². The zero-order valence-electron chi connectivity index (χ0n) is 10.7. The molecule has 7 nitrogen and oxygen atoms in total. The molecule has 1 aromatic rings. The molecule has 0 aliphatic heterocycles. The van der Waals surface area contributed by atoms with Crippen LogP contribution < -0.4 is 10.6 Å². The van der Waals surface area contributed by atoms with Gasteiger partial charge in [0.25, 0.3) is 5.69 Å². The number of nitro groups is 1. The quantitative estimate of drug-likeness (QED) is 0.269. The summed E-state index contributed by atoms with van der Waals surface area (Å²) in [6, 6.07) is 4.31. The highest BCUT2D eigenvalue weighted by Gasteiger charge is 2.16. The number of non-ortho nitro benzene ring substituents is 1. The lowest BCUT2D eigenvalue weighted by Gasteiger charge is -2.21. The van der Waals surface area contributed by atoms with Crippen molar-refractivity contribution in [1.29, 1.82) is 0 Å². The maximum Gasteiger partial charge on any atom is 0.270 e. The molecule has 0 fully saturated rings. The number of oxime groups is 1. The van der Waals surface area contributed by atoms with Crippen LogP contribution in [0.15, 0.2) is 23.4 Å². The average Bonchev–Trinajstić information content (AvgIpc) is 2.43. The maximum absolute atomic E-state index is 10.8. The maximum atomic E-state index is 10.8. The Kier molecular flexibility index (Phi) is 5.43. The van der Waals surface area contributed by atoms with Gasteiger partial charge in [-0.15, -0.1) is 0 Å². The van der Waals surface area contributed by atoms with Crippen molar-refractivity contribution in [3.8, 4) is 0 Å². The fraction of sp³-hybridized carbons (Fsp3) is 0.364. The number of rotatable bonds is 6. The minimum atomic E-state index is -0.514. The molecule has 0 aliphatic carbocycles. The molecule has 0 radical (unpaired) electrons. The van der Waals surface area contributed by atoms with E-state index >= 15 is 0 Å². The lowest BCUT2D eigenvalue weighted by Crippen LogP contribution is -2.25. The zero-order chi connectivity index (χ0) is 14.4. The van der Waals surface area contributed by atoms with Gasteiger partial charge in [-0.2, -0.15) is 11.8 Å². The normalized spacial score (nSPS) is 11.4. The molecular weight excluding hydrogens is 268 g/mol. The number of hydrogen-bond acceptors (Lipinski definition) is 6. The molecule has 1 rings (SSSR count). The lowest BCUT2D eigenvalue weighted by molar-refractivity contribution is -0.384. The number of anilines is 1. The Balaban J connectivity index is 3.19. The fourth-order valence-corrected chi connectivity index (χ4v) is 2.03. The summed E-state index contributed by atoms with van der Waals surface area (Å²) >= 11 is 1.69. The van der Waals surface area contributed by atoms with Crippen LogP contribution in [0.1, 0.15) is 5.56 Å². The molecule has 0 aromatic heterocycles. The summed E-state index contributed by atoms with van der Waals surface area (Å²) in [6.45, 7) is 0.755. The predicted octanol–water partition coefficient (Wildman–Crippen LogP) is 1.49. The third kappa shape index (κ3) is 3.75. The molecule has 8 heteroatoms. The highest BCUT2D eigenvalue weighted by Crippen LogP contribution is 2.24. The van der Waals surface area contributed by atoms with Gasteiger partial charge in [-0.1, -0.05) is 5.16 Å². The first-order valence-corrected chi connectivity index (χ1v) is 6.87. The first kappa shape index (κ1) is 15.1. The molecule has 0 saturated carbocycles. The van der Waals surface area contributed by atoms with E-state index in [0.717, 1.165) is 12.3 Å². The van der Waals surface area contributed by atoms with Gasteiger partial charge in [-0.3, -0.25) is 10.1 Å². The van der Waals surface area contributed by atoms with Gasteiger partial charge < -0.3 is 15.8 Å². The number of thioether (sulfide) groups is 1. The van der Waals surface area contributed by atoms with E-state index in [1.165, 1.54) is 12.1 Å². The van der Waals surface area contributed by atoms with Crippen molar-refractivity contribution < 1.29 is 10.1 Å². The van der Waals surface area contributed by atoms with Crippen LogP contribution in [0.2, 0.25) is 0 Å². The first-order valence-electron chi connectivity index (χ1n) is 5.47. The van der Waals surface area contributed by atoms with Crippen LogP contribution >= 0.6 is 11.8 Å². The van der Waals surface area contributed by atoms with Crippen molar-refractivity contribution in [1.82, 2.24) is 0 Å². The molecule has 1 aromatic carbocycles. The Labute approximate surface area is 115 Å². The van der Waals surface area contributed by atoms with Gasteiger partial charge in [0.15, 0.2) is 5.84 Å². The number of amidine groups is 1. The Bertz CT molecular complexity index is 493. The Morgan fingerprint density at radius 2 is 2.32 bits per heavy atom. The summed E-state index contributed by atoms with van der Waals surface area (Å²) in [6.07, 6.45) is 1.99. The molecule has 0 saturated heterocycles. The molecule has 0 heterocycles. The second kappa shape index (κ2) is 6.83. The summed E-state index contributed by atoms with van der Waals surface area (Å²) in [5, 5.41) is 22.5. The SMILES string of the molecule is CSCCN(C)c1ccc([N+](=O)[O-])cc1/C(N)=N/O. The van der Waals surface area contributed by atoms with Gasteiger partial charge in [0.1, 0.15) is 0 Å². The van der Waals surface area contributed by atoms with Gasteiger partial charge >= 0.3 is 0 Å². The summed E-state index contributed by atoms with van der Waals surface area (Å²) in [5.74, 6) is 0.762. The number of nitrogens with two attached hydrogens (primary N) is 1. The molecule has 0 amide bonds. The van der Waals surface area contributed by atoms with E-state index in [2.05, 4.69) is 5.16 Å².